The molecule has 30 heavy (non-hydrogen) atoms. The number of nitro groups is 1. The highest BCUT2D eigenvalue weighted by Crippen LogP contribution is 2.47. The van der Waals surface area contributed by atoms with E-state index in [0.717, 1.165) is 12.1 Å². The van der Waals surface area contributed by atoms with Gasteiger partial charge >= 0.3 is 5.97 Å². The van der Waals surface area contributed by atoms with Gasteiger partial charge < -0.3 is 15.2 Å². The number of benzene rings is 1. The van der Waals surface area contributed by atoms with Crippen molar-refractivity contribution in [3.63, 3.8) is 0 Å². The first-order valence-electron chi connectivity index (χ1n) is 9.81. The zero-order chi connectivity index (χ0) is 22.4. The van der Waals surface area contributed by atoms with Gasteiger partial charge in [0.05, 0.1) is 16.6 Å². The average molecular weight is 413 g/mol. The van der Waals surface area contributed by atoms with Crippen molar-refractivity contribution in [2.75, 3.05) is 0 Å². The number of esters is 1. The number of nitrogens with one attached hydrogen (secondary N) is 1. The molecule has 8 nitrogen and oxygen atoms in total. The number of nitrogens with zero attached hydrogens (tertiary/aromatic N) is 1. The molecular formula is C22H25N2O6-. The molecule has 0 aromatic heterocycles. The van der Waals surface area contributed by atoms with E-state index in [0.29, 0.717) is 29.0 Å². The number of nitro benzene ring substituents is 1. The van der Waals surface area contributed by atoms with Crippen LogP contribution in [0.15, 0.2) is 40.7 Å². The lowest BCUT2D eigenvalue weighted by molar-refractivity contribution is -0.398. The second-order valence-corrected chi connectivity index (χ2v) is 8.87. The second-order valence-electron chi connectivity index (χ2n) is 8.87. The van der Waals surface area contributed by atoms with E-state index in [2.05, 4.69) is 5.32 Å². The van der Waals surface area contributed by atoms with Crippen molar-refractivity contribution in [1.82, 2.24) is 5.32 Å². The van der Waals surface area contributed by atoms with E-state index in [1.54, 1.807) is 20.8 Å². The lowest BCUT2D eigenvalue weighted by Gasteiger charge is -2.39. The third kappa shape index (κ3) is 3.94. The number of ether oxygens (including phenoxy) is 1. The molecule has 1 unspecified atom stereocenters. The number of hydrogen-bond acceptors (Lipinski definition) is 7. The lowest BCUT2D eigenvalue weighted by atomic mass is 9.68. The SMILES string of the molecule is CC1=C(C(=O)OC(C)C)C(c2ccc([O-])c([N+](=O)[O-])c2)C2=C(CC(C)(C)CC2=O)N1. The van der Waals surface area contributed by atoms with Crippen molar-refractivity contribution < 1.29 is 24.4 Å². The summed E-state index contributed by atoms with van der Waals surface area (Å²) in [7, 11) is 0. The van der Waals surface area contributed by atoms with Crippen molar-refractivity contribution in [1.29, 1.82) is 0 Å². The fourth-order valence-corrected chi connectivity index (χ4v) is 4.17. The van der Waals surface area contributed by atoms with Crippen molar-refractivity contribution in [3.8, 4) is 5.75 Å². The van der Waals surface area contributed by atoms with Crippen LogP contribution in [0.5, 0.6) is 5.75 Å². The van der Waals surface area contributed by atoms with Crippen molar-refractivity contribution >= 4 is 17.4 Å². The molecule has 3 rings (SSSR count). The number of carbonyl (C=O) groups excluding carboxylic acids is 2. The van der Waals surface area contributed by atoms with Gasteiger partial charge in [-0.25, -0.2) is 4.79 Å². The van der Waals surface area contributed by atoms with Gasteiger partial charge in [0.15, 0.2) is 5.78 Å². The van der Waals surface area contributed by atoms with Gasteiger partial charge in [0.25, 0.3) is 5.69 Å². The summed E-state index contributed by atoms with van der Waals surface area (Å²) >= 11 is 0. The predicted molar refractivity (Wildman–Crippen MR) is 107 cm³/mol. The normalized spacial score (nSPS) is 20.7. The maximum Gasteiger partial charge on any atom is 0.337 e. The van der Waals surface area contributed by atoms with Gasteiger partial charge in [-0.1, -0.05) is 26.0 Å². The Bertz CT molecular complexity index is 1000. The minimum Gasteiger partial charge on any atom is -0.868 e. The molecule has 2 aliphatic rings. The Morgan fingerprint density at radius 2 is 1.97 bits per heavy atom. The summed E-state index contributed by atoms with van der Waals surface area (Å²) in [4.78, 5) is 36.7. The highest BCUT2D eigenvalue weighted by Gasteiger charge is 2.43. The fourth-order valence-electron chi connectivity index (χ4n) is 4.17. The Morgan fingerprint density at radius 3 is 2.57 bits per heavy atom. The topological polar surface area (TPSA) is 122 Å². The Morgan fingerprint density at radius 1 is 1.30 bits per heavy atom. The quantitative estimate of drug-likeness (QED) is 0.457. The van der Waals surface area contributed by atoms with Gasteiger partial charge in [0.2, 0.25) is 0 Å². The molecule has 8 heteroatoms. The van der Waals surface area contributed by atoms with Crippen LogP contribution in [0.1, 0.15) is 58.9 Å². The van der Waals surface area contributed by atoms with Crippen LogP contribution in [-0.4, -0.2) is 22.8 Å². The van der Waals surface area contributed by atoms with E-state index in [-0.39, 0.29) is 29.3 Å². The molecule has 0 saturated heterocycles. The minimum atomic E-state index is -0.838. The molecule has 1 atom stereocenters. The van der Waals surface area contributed by atoms with Gasteiger partial charge in [-0.05, 0) is 43.9 Å². The summed E-state index contributed by atoms with van der Waals surface area (Å²) < 4.78 is 5.40. The summed E-state index contributed by atoms with van der Waals surface area (Å²) in [5.41, 5.74) is 1.36. The van der Waals surface area contributed by atoms with E-state index >= 15 is 0 Å². The summed E-state index contributed by atoms with van der Waals surface area (Å²) in [6, 6.07) is 3.71. The second kappa shape index (κ2) is 7.59. The summed E-state index contributed by atoms with van der Waals surface area (Å²) in [6.45, 7) is 9.13. The largest absolute Gasteiger partial charge is 0.868 e. The van der Waals surface area contributed by atoms with Crippen molar-refractivity contribution in [2.45, 2.75) is 59.5 Å². The number of allylic oxidation sites excluding steroid dienone is 3. The van der Waals surface area contributed by atoms with Crippen LogP contribution in [0, 0.1) is 15.5 Å². The van der Waals surface area contributed by atoms with E-state index in [1.165, 1.54) is 6.07 Å². The fraction of sp³-hybridized carbons (Fsp3) is 0.455. The first kappa shape index (κ1) is 21.5. The van der Waals surface area contributed by atoms with E-state index < -0.39 is 28.2 Å². The Labute approximate surface area is 174 Å². The number of hydrogen-bond donors (Lipinski definition) is 1. The molecule has 0 radical (unpaired) electrons. The number of ketones is 1. The molecule has 0 fully saturated rings. The zero-order valence-electron chi connectivity index (χ0n) is 17.7. The lowest BCUT2D eigenvalue weighted by Crippen LogP contribution is -2.39. The molecule has 1 aromatic rings. The van der Waals surface area contributed by atoms with Gasteiger partial charge in [-0.15, -0.1) is 0 Å². The van der Waals surface area contributed by atoms with Crippen LogP contribution in [0.25, 0.3) is 0 Å². The van der Waals surface area contributed by atoms with Gasteiger partial charge in [-0.3, -0.25) is 14.9 Å². The van der Waals surface area contributed by atoms with E-state index in [9.17, 15) is 24.8 Å². The predicted octanol–water partition coefficient (Wildman–Crippen LogP) is 3.22. The molecule has 1 N–H and O–H groups in total. The summed E-state index contributed by atoms with van der Waals surface area (Å²) in [6.07, 6.45) is 0.501. The van der Waals surface area contributed by atoms with Gasteiger partial charge in [0.1, 0.15) is 0 Å². The first-order chi connectivity index (χ1) is 13.9. The maximum atomic E-state index is 13.1. The third-order valence-corrected chi connectivity index (χ3v) is 5.32. The maximum absolute atomic E-state index is 13.1. The molecule has 0 saturated carbocycles. The molecule has 0 spiro atoms. The number of dihydropyridines is 1. The zero-order valence-corrected chi connectivity index (χ0v) is 17.7. The average Bonchev–Trinajstić information content (AvgIpc) is 2.58. The smallest absolute Gasteiger partial charge is 0.337 e. The molecule has 0 amide bonds. The monoisotopic (exact) mass is 413 g/mol. The van der Waals surface area contributed by atoms with Crippen LogP contribution in [0.4, 0.5) is 5.69 Å². The van der Waals surface area contributed by atoms with Crippen LogP contribution in [0.3, 0.4) is 0 Å². The highest BCUT2D eigenvalue weighted by molar-refractivity contribution is 6.04. The van der Waals surface area contributed by atoms with Gasteiger partial charge in [0, 0.05) is 35.4 Å². The Kier molecular flexibility index (Phi) is 5.45. The standard InChI is InChI=1S/C22H26N2O6/c1-11(2)30-21(27)18-12(3)23-14-9-22(4,5)10-17(26)20(14)19(18)13-6-7-16(25)15(8-13)24(28)29/h6-8,11,19,23,25H,9-10H2,1-5H3/p-1. The molecule has 1 aliphatic carbocycles. The van der Waals surface area contributed by atoms with E-state index in [4.69, 9.17) is 4.74 Å². The minimum absolute atomic E-state index is 0.130. The van der Waals surface area contributed by atoms with Crippen LogP contribution >= 0.6 is 0 Å². The molecule has 1 aromatic carbocycles. The van der Waals surface area contributed by atoms with Crippen molar-refractivity contribution in [2.24, 2.45) is 5.41 Å². The highest BCUT2D eigenvalue weighted by atomic mass is 16.6. The molecule has 1 aliphatic heterocycles. The summed E-state index contributed by atoms with van der Waals surface area (Å²) in [5.74, 6) is -2.29. The molecular weight excluding hydrogens is 388 g/mol. The van der Waals surface area contributed by atoms with E-state index in [1.807, 2.05) is 13.8 Å². The number of Topliss-reactive ketones (excluding diaryl/α,β-unsaturated/α-hetero) is 1. The number of rotatable bonds is 4. The first-order valence-corrected chi connectivity index (χ1v) is 9.81. The Balaban J connectivity index is 2.23. The van der Waals surface area contributed by atoms with Crippen LogP contribution in [-0.2, 0) is 14.3 Å². The third-order valence-electron chi connectivity index (χ3n) is 5.32. The molecule has 1 heterocycles. The Hall–Kier alpha value is -3.16. The molecule has 0 bridgehead atoms. The number of carbonyl (C=O) groups is 2. The van der Waals surface area contributed by atoms with Gasteiger partial charge in [-0.2, -0.15) is 0 Å². The van der Waals surface area contributed by atoms with Crippen LogP contribution in [0.2, 0.25) is 0 Å². The van der Waals surface area contributed by atoms with Crippen LogP contribution < -0.4 is 10.4 Å². The molecule has 160 valence electrons. The van der Waals surface area contributed by atoms with Crippen molar-refractivity contribution in [3.05, 3.63) is 56.4 Å². The summed E-state index contributed by atoms with van der Waals surface area (Å²) in [5, 5.41) is 26.4.